The molecule has 196 valence electrons. The highest BCUT2D eigenvalue weighted by Crippen LogP contribution is 2.34. The molecule has 3 atom stereocenters. The van der Waals surface area contributed by atoms with Gasteiger partial charge in [-0.15, -0.1) is 0 Å². The van der Waals surface area contributed by atoms with Gasteiger partial charge in [0.25, 0.3) is 0 Å². The number of piperidine rings is 1. The number of primary amides is 1. The number of nitrogens with one attached hydrogen (secondary N) is 2. The van der Waals surface area contributed by atoms with Crippen molar-refractivity contribution in [3.63, 3.8) is 0 Å². The summed E-state index contributed by atoms with van der Waals surface area (Å²) in [5, 5.41) is 7.18. The summed E-state index contributed by atoms with van der Waals surface area (Å²) in [4.78, 5) is 26.1. The number of nitrogens with two attached hydrogens (primary N) is 1. The summed E-state index contributed by atoms with van der Waals surface area (Å²) in [6.45, 7) is 2.39. The van der Waals surface area contributed by atoms with Crippen LogP contribution in [0.4, 0.5) is 9.59 Å². The largest absolute Gasteiger partial charge is 0.447 e. The second-order valence-electron chi connectivity index (χ2n) is 9.81. The van der Waals surface area contributed by atoms with Crippen molar-refractivity contribution in [3.8, 4) is 0 Å². The Balaban J connectivity index is 1.62. The van der Waals surface area contributed by atoms with Crippen molar-refractivity contribution in [1.82, 2.24) is 15.5 Å². The lowest BCUT2D eigenvalue weighted by Crippen LogP contribution is -2.52. The molecule has 0 radical (unpaired) electrons. The van der Waals surface area contributed by atoms with Gasteiger partial charge < -0.3 is 30.7 Å². The lowest BCUT2D eigenvalue weighted by molar-refractivity contribution is -0.0257. The zero-order valence-corrected chi connectivity index (χ0v) is 21.6. The van der Waals surface area contributed by atoms with E-state index in [0.29, 0.717) is 17.5 Å². The van der Waals surface area contributed by atoms with Gasteiger partial charge in [0, 0.05) is 36.6 Å². The van der Waals surface area contributed by atoms with Gasteiger partial charge in [0.1, 0.15) is 6.61 Å². The lowest BCUT2D eigenvalue weighted by Gasteiger charge is -2.38. The van der Waals surface area contributed by atoms with Crippen LogP contribution in [0, 0.1) is 11.8 Å². The van der Waals surface area contributed by atoms with E-state index < -0.39 is 6.09 Å². The fraction of sp³-hybridized carbons (Fsp3) is 0.692. The van der Waals surface area contributed by atoms with E-state index in [0.717, 1.165) is 37.9 Å². The van der Waals surface area contributed by atoms with Gasteiger partial charge >= 0.3 is 12.1 Å². The predicted molar refractivity (Wildman–Crippen MR) is 137 cm³/mol. The molecule has 3 rings (SSSR count). The molecule has 0 aromatic heterocycles. The molecule has 3 amide bonds. The van der Waals surface area contributed by atoms with Crippen LogP contribution in [0.15, 0.2) is 24.3 Å². The summed E-state index contributed by atoms with van der Waals surface area (Å²) in [6.07, 6.45) is 8.23. The molecule has 1 aliphatic carbocycles. The Morgan fingerprint density at radius 3 is 2.69 bits per heavy atom. The molecule has 9 heteroatoms. The third kappa shape index (κ3) is 9.17. The molecule has 2 fully saturated rings. The van der Waals surface area contributed by atoms with Crippen LogP contribution in [0.5, 0.6) is 0 Å². The predicted octanol–water partition coefficient (Wildman–Crippen LogP) is 4.47. The van der Waals surface area contributed by atoms with E-state index in [1.165, 1.54) is 32.1 Å². The summed E-state index contributed by atoms with van der Waals surface area (Å²) in [5.74, 6) is 0.794. The number of carbonyl (C=O) groups excluding carboxylic acids is 2. The number of likely N-dealkylation sites (tertiary alicyclic amines) is 1. The first kappa shape index (κ1) is 27.6. The van der Waals surface area contributed by atoms with Gasteiger partial charge in [0.2, 0.25) is 0 Å². The molecule has 1 aromatic rings. The van der Waals surface area contributed by atoms with Gasteiger partial charge in [-0.2, -0.15) is 0 Å². The van der Waals surface area contributed by atoms with Crippen LogP contribution in [0.2, 0.25) is 5.02 Å². The second-order valence-corrected chi connectivity index (χ2v) is 10.2. The Kier molecular flexibility index (Phi) is 11.4. The van der Waals surface area contributed by atoms with Crippen molar-refractivity contribution in [2.45, 2.75) is 63.5 Å². The first-order valence-corrected chi connectivity index (χ1v) is 13.3. The summed E-state index contributed by atoms with van der Waals surface area (Å²) >= 11 is 6.25. The third-order valence-electron chi connectivity index (χ3n) is 7.10. The number of likely N-dealkylation sites (N-methyl/N-ethyl adjacent to an activating group) is 1. The molecule has 1 heterocycles. The van der Waals surface area contributed by atoms with E-state index >= 15 is 0 Å². The SMILES string of the molecule is CNC[C@H](CC1CCCCC1)NC(=O)N1CCC[C@@H](C(OCCOC(N)=O)c2cccc(Cl)c2)C1. The van der Waals surface area contributed by atoms with Crippen molar-refractivity contribution in [2.24, 2.45) is 17.6 Å². The van der Waals surface area contributed by atoms with Crippen molar-refractivity contribution < 1.29 is 19.1 Å². The average Bonchev–Trinajstić information content (AvgIpc) is 2.84. The maximum absolute atomic E-state index is 13.3. The number of hydrogen-bond donors (Lipinski definition) is 3. The van der Waals surface area contributed by atoms with Gasteiger partial charge in [-0.1, -0.05) is 55.8 Å². The molecule has 8 nitrogen and oxygen atoms in total. The highest BCUT2D eigenvalue weighted by molar-refractivity contribution is 6.30. The van der Waals surface area contributed by atoms with Crippen molar-refractivity contribution in [1.29, 1.82) is 0 Å². The zero-order valence-electron chi connectivity index (χ0n) is 20.8. The van der Waals surface area contributed by atoms with Crippen LogP contribution in [-0.2, 0) is 9.47 Å². The Labute approximate surface area is 214 Å². The topological polar surface area (TPSA) is 106 Å². The Bertz CT molecular complexity index is 805. The molecule has 35 heavy (non-hydrogen) atoms. The fourth-order valence-corrected chi connectivity index (χ4v) is 5.68. The minimum absolute atomic E-state index is 0.00679. The van der Waals surface area contributed by atoms with E-state index in [1.54, 1.807) is 0 Å². The summed E-state index contributed by atoms with van der Waals surface area (Å²) < 4.78 is 11.0. The van der Waals surface area contributed by atoms with Gasteiger partial charge in [-0.25, -0.2) is 9.59 Å². The van der Waals surface area contributed by atoms with Crippen LogP contribution < -0.4 is 16.4 Å². The van der Waals surface area contributed by atoms with Crippen LogP contribution in [0.25, 0.3) is 0 Å². The van der Waals surface area contributed by atoms with Gasteiger partial charge in [-0.3, -0.25) is 0 Å². The number of ether oxygens (including phenoxy) is 2. The van der Waals surface area contributed by atoms with Crippen molar-refractivity contribution in [3.05, 3.63) is 34.9 Å². The highest BCUT2D eigenvalue weighted by Gasteiger charge is 2.32. The van der Waals surface area contributed by atoms with Crippen LogP contribution >= 0.6 is 11.6 Å². The molecular weight excluding hydrogens is 468 g/mol. The minimum Gasteiger partial charge on any atom is -0.447 e. The molecular formula is C26H41ClN4O4. The quantitative estimate of drug-likeness (QED) is 0.382. The second kappa shape index (κ2) is 14.5. The highest BCUT2D eigenvalue weighted by atomic mass is 35.5. The smallest absolute Gasteiger partial charge is 0.404 e. The number of halogens is 1. The number of nitrogens with zero attached hydrogens (tertiary/aromatic N) is 1. The normalized spacial score (nSPS) is 20.7. The Hall–Kier alpha value is -2.03. The standard InChI is InChI=1S/C26H41ClN4O4/c1-29-17-23(15-19-7-3-2-4-8-19)30-26(33)31-12-6-10-21(18-31)24(34-13-14-35-25(28)32)20-9-5-11-22(27)16-20/h5,9,11,16,19,21,23-24,29H,2-4,6-8,10,12-15,17-18H2,1H3,(H2,28,32)(H,30,33)/t21-,23+,24?/m1/s1. The first-order chi connectivity index (χ1) is 17.0. The summed E-state index contributed by atoms with van der Waals surface area (Å²) in [5.41, 5.74) is 6.02. The van der Waals surface area contributed by atoms with Crippen molar-refractivity contribution >= 4 is 23.7 Å². The maximum Gasteiger partial charge on any atom is 0.404 e. The van der Waals surface area contributed by atoms with Gasteiger partial charge in [0.15, 0.2) is 0 Å². The van der Waals surface area contributed by atoms with Gasteiger partial charge in [0.05, 0.1) is 12.7 Å². The maximum atomic E-state index is 13.3. The zero-order chi connectivity index (χ0) is 25.0. The molecule has 1 saturated carbocycles. The van der Waals surface area contributed by atoms with Crippen LogP contribution in [0.3, 0.4) is 0 Å². The van der Waals surface area contributed by atoms with E-state index in [4.69, 9.17) is 26.8 Å². The molecule has 0 bridgehead atoms. The first-order valence-electron chi connectivity index (χ1n) is 13.0. The van der Waals surface area contributed by atoms with Crippen LogP contribution in [0.1, 0.15) is 63.0 Å². The number of benzene rings is 1. The fourth-order valence-electron chi connectivity index (χ4n) is 5.48. The minimum atomic E-state index is -0.822. The van der Waals surface area contributed by atoms with E-state index in [9.17, 15) is 9.59 Å². The molecule has 1 saturated heterocycles. The Morgan fingerprint density at radius 2 is 1.97 bits per heavy atom. The molecule has 4 N–H and O–H groups in total. The molecule has 1 aliphatic heterocycles. The summed E-state index contributed by atoms with van der Waals surface area (Å²) in [7, 11) is 1.94. The lowest BCUT2D eigenvalue weighted by atomic mass is 9.85. The molecule has 1 unspecified atom stereocenters. The number of hydrogen-bond acceptors (Lipinski definition) is 5. The van der Waals surface area contributed by atoms with Gasteiger partial charge in [-0.05, 0) is 49.9 Å². The molecule has 1 aromatic carbocycles. The monoisotopic (exact) mass is 508 g/mol. The number of rotatable bonds is 11. The van der Waals surface area contributed by atoms with Crippen molar-refractivity contribution in [2.75, 3.05) is 39.9 Å². The molecule has 2 aliphatic rings. The number of urea groups is 1. The average molecular weight is 509 g/mol. The van der Waals surface area contributed by atoms with E-state index in [2.05, 4.69) is 10.6 Å². The third-order valence-corrected chi connectivity index (χ3v) is 7.33. The summed E-state index contributed by atoms with van der Waals surface area (Å²) in [6, 6.07) is 7.72. The van der Waals surface area contributed by atoms with Crippen LogP contribution in [-0.4, -0.2) is 63.0 Å². The van der Waals surface area contributed by atoms with E-state index in [1.807, 2.05) is 36.2 Å². The number of amides is 3. The number of carbonyl (C=O) groups is 2. The van der Waals surface area contributed by atoms with E-state index in [-0.39, 0.29) is 37.3 Å². The Morgan fingerprint density at radius 1 is 1.17 bits per heavy atom. The molecule has 0 spiro atoms.